The third-order valence-corrected chi connectivity index (χ3v) is 5.83. The molecule has 0 atom stereocenters. The Hall–Kier alpha value is -3.28. The Bertz CT molecular complexity index is 1040. The zero-order chi connectivity index (χ0) is 21.8. The number of carbonyl (C=O) groups excluding carboxylic acids is 1. The molecule has 1 aliphatic heterocycles. The molecule has 2 heterocycles. The molecule has 0 radical (unpaired) electrons. The summed E-state index contributed by atoms with van der Waals surface area (Å²) in [6, 6.07) is 18.1. The van der Waals surface area contributed by atoms with Crippen molar-refractivity contribution < 1.29 is 9.53 Å². The van der Waals surface area contributed by atoms with E-state index in [4.69, 9.17) is 4.74 Å². The summed E-state index contributed by atoms with van der Waals surface area (Å²) >= 11 is 0. The maximum Gasteiger partial charge on any atom is 0.253 e. The van der Waals surface area contributed by atoms with Gasteiger partial charge in [-0.05, 0) is 68.3 Å². The summed E-state index contributed by atoms with van der Waals surface area (Å²) in [5.74, 6) is 0.961. The summed E-state index contributed by atoms with van der Waals surface area (Å²) in [4.78, 5) is 17.5. The first-order chi connectivity index (χ1) is 15.0. The molecule has 1 saturated heterocycles. The molecule has 0 saturated carbocycles. The molecule has 0 spiro atoms. The highest BCUT2D eigenvalue weighted by Gasteiger charge is 2.21. The molecule has 1 fully saturated rings. The van der Waals surface area contributed by atoms with Gasteiger partial charge in [0.1, 0.15) is 5.75 Å². The van der Waals surface area contributed by atoms with Gasteiger partial charge in [-0.1, -0.05) is 12.1 Å². The van der Waals surface area contributed by atoms with Crippen molar-refractivity contribution in [3.63, 3.8) is 0 Å². The molecule has 1 amide bonds. The topological polar surface area (TPSA) is 50.6 Å². The number of benzene rings is 2. The van der Waals surface area contributed by atoms with Crippen molar-refractivity contribution in [3.8, 4) is 5.75 Å². The van der Waals surface area contributed by atoms with Crippen LogP contribution in [-0.4, -0.2) is 53.9 Å². The van der Waals surface area contributed by atoms with Gasteiger partial charge >= 0.3 is 0 Å². The Morgan fingerprint density at radius 2 is 1.81 bits per heavy atom. The minimum absolute atomic E-state index is 0.104. The van der Waals surface area contributed by atoms with E-state index in [9.17, 15) is 4.79 Å². The summed E-state index contributed by atoms with van der Waals surface area (Å²) in [5.41, 5.74) is 5.14. The lowest BCUT2D eigenvalue weighted by Crippen LogP contribution is -2.35. The van der Waals surface area contributed by atoms with E-state index in [0.29, 0.717) is 13.1 Å². The van der Waals surface area contributed by atoms with Gasteiger partial charge in [0.05, 0.1) is 19.3 Å². The Morgan fingerprint density at radius 1 is 1.00 bits per heavy atom. The van der Waals surface area contributed by atoms with Crippen molar-refractivity contribution in [1.29, 1.82) is 0 Å². The fraction of sp³-hybridized carbons (Fsp3) is 0.360. The van der Waals surface area contributed by atoms with Crippen LogP contribution in [-0.2, 0) is 6.54 Å². The number of methoxy groups -OCH3 is 1. The van der Waals surface area contributed by atoms with Crippen molar-refractivity contribution in [1.82, 2.24) is 14.7 Å². The molecule has 6 heteroatoms. The van der Waals surface area contributed by atoms with Crippen LogP contribution in [0.25, 0.3) is 0 Å². The van der Waals surface area contributed by atoms with Crippen LogP contribution in [0.3, 0.4) is 0 Å². The molecule has 4 rings (SSSR count). The molecule has 0 N–H and O–H groups in total. The molecule has 3 aromatic rings. The number of aromatic nitrogens is 2. The lowest BCUT2D eigenvalue weighted by atomic mass is 10.1. The fourth-order valence-corrected chi connectivity index (χ4v) is 4.17. The largest absolute Gasteiger partial charge is 0.497 e. The quantitative estimate of drug-likeness (QED) is 0.630. The Morgan fingerprint density at radius 3 is 2.52 bits per heavy atom. The van der Waals surface area contributed by atoms with Crippen LogP contribution < -0.4 is 9.64 Å². The second kappa shape index (κ2) is 9.25. The Balaban J connectivity index is 1.42. The van der Waals surface area contributed by atoms with Crippen molar-refractivity contribution >= 4 is 11.6 Å². The minimum Gasteiger partial charge on any atom is -0.497 e. The van der Waals surface area contributed by atoms with E-state index in [0.717, 1.165) is 54.3 Å². The van der Waals surface area contributed by atoms with E-state index in [1.54, 1.807) is 7.11 Å². The van der Waals surface area contributed by atoms with Gasteiger partial charge in [0.25, 0.3) is 5.91 Å². The number of hydrogen-bond acceptors (Lipinski definition) is 4. The number of nitrogens with zero attached hydrogens (tertiary/aromatic N) is 4. The molecule has 0 bridgehead atoms. The van der Waals surface area contributed by atoms with E-state index >= 15 is 0 Å². The van der Waals surface area contributed by atoms with Crippen molar-refractivity contribution in [2.75, 3.05) is 38.2 Å². The number of aryl methyl sites for hydroxylation is 2. The first-order valence-corrected chi connectivity index (χ1v) is 10.8. The first kappa shape index (κ1) is 21.0. The van der Waals surface area contributed by atoms with Crippen LogP contribution in [0.4, 0.5) is 5.69 Å². The first-order valence-electron chi connectivity index (χ1n) is 10.8. The van der Waals surface area contributed by atoms with Crippen molar-refractivity contribution in [3.05, 3.63) is 77.1 Å². The van der Waals surface area contributed by atoms with Gasteiger partial charge in [-0.25, -0.2) is 0 Å². The second-order valence-corrected chi connectivity index (χ2v) is 8.12. The highest BCUT2D eigenvalue weighted by Crippen LogP contribution is 2.21. The molecule has 2 aromatic carbocycles. The molecular weight excluding hydrogens is 388 g/mol. The van der Waals surface area contributed by atoms with E-state index in [2.05, 4.69) is 41.2 Å². The number of ether oxygens (including phenoxy) is 1. The highest BCUT2D eigenvalue weighted by atomic mass is 16.5. The number of rotatable bonds is 5. The Kier molecular flexibility index (Phi) is 6.26. The maximum atomic E-state index is 13.2. The van der Waals surface area contributed by atoms with Crippen LogP contribution in [0.5, 0.6) is 5.75 Å². The fourth-order valence-electron chi connectivity index (χ4n) is 4.17. The van der Waals surface area contributed by atoms with Crippen LogP contribution >= 0.6 is 0 Å². The van der Waals surface area contributed by atoms with E-state index in [1.165, 1.54) is 5.69 Å². The molecular formula is C25H30N4O2. The molecule has 0 unspecified atom stereocenters. The average Bonchev–Trinajstić information content (AvgIpc) is 2.96. The van der Waals surface area contributed by atoms with Crippen molar-refractivity contribution in [2.24, 2.45) is 0 Å². The standard InChI is InChI=1S/C25H30N4O2/c1-19-16-20(2)29(26-19)18-21-6-4-7-22(17-21)25(30)28-13-5-12-27(14-15-28)23-8-10-24(31-3)11-9-23/h4,6-11,16-17H,5,12-15,18H2,1-3H3. The van der Waals surface area contributed by atoms with Crippen LogP contribution in [0.15, 0.2) is 54.6 Å². The number of amides is 1. The van der Waals surface area contributed by atoms with E-state index in [-0.39, 0.29) is 5.91 Å². The van der Waals surface area contributed by atoms with Crippen molar-refractivity contribution in [2.45, 2.75) is 26.8 Å². The summed E-state index contributed by atoms with van der Waals surface area (Å²) in [6.45, 7) is 7.97. The molecule has 1 aliphatic rings. The van der Waals surface area contributed by atoms with Gasteiger partial charge in [-0.3, -0.25) is 9.48 Å². The Labute approximate surface area is 184 Å². The summed E-state index contributed by atoms with van der Waals surface area (Å²) < 4.78 is 7.24. The molecule has 1 aromatic heterocycles. The lowest BCUT2D eigenvalue weighted by molar-refractivity contribution is 0.0767. The van der Waals surface area contributed by atoms with Gasteiger partial charge in [0.15, 0.2) is 0 Å². The van der Waals surface area contributed by atoms with Gasteiger partial charge in [0, 0.05) is 43.1 Å². The third kappa shape index (κ3) is 4.90. The number of hydrogen-bond donors (Lipinski definition) is 0. The zero-order valence-electron chi connectivity index (χ0n) is 18.5. The minimum atomic E-state index is 0.104. The SMILES string of the molecule is COc1ccc(N2CCCN(C(=O)c3cccc(Cn4nc(C)cc4C)c3)CC2)cc1. The summed E-state index contributed by atoms with van der Waals surface area (Å²) in [5, 5.41) is 4.54. The van der Waals surface area contributed by atoms with Crippen LogP contribution in [0.1, 0.15) is 33.7 Å². The lowest BCUT2D eigenvalue weighted by Gasteiger charge is -2.24. The summed E-state index contributed by atoms with van der Waals surface area (Å²) in [7, 11) is 1.68. The highest BCUT2D eigenvalue weighted by molar-refractivity contribution is 5.94. The van der Waals surface area contributed by atoms with Gasteiger partial charge in [0.2, 0.25) is 0 Å². The van der Waals surface area contributed by atoms with Crippen LogP contribution in [0, 0.1) is 13.8 Å². The number of anilines is 1. The molecule has 31 heavy (non-hydrogen) atoms. The summed E-state index contributed by atoms with van der Waals surface area (Å²) in [6.07, 6.45) is 0.948. The maximum absolute atomic E-state index is 13.2. The predicted octanol–water partition coefficient (Wildman–Crippen LogP) is 3.91. The molecule has 0 aliphatic carbocycles. The van der Waals surface area contributed by atoms with Crippen LogP contribution in [0.2, 0.25) is 0 Å². The average molecular weight is 419 g/mol. The monoisotopic (exact) mass is 418 g/mol. The normalized spacial score (nSPS) is 14.4. The zero-order valence-corrected chi connectivity index (χ0v) is 18.5. The van der Waals surface area contributed by atoms with Gasteiger partial charge < -0.3 is 14.5 Å². The third-order valence-electron chi connectivity index (χ3n) is 5.83. The van der Waals surface area contributed by atoms with E-state index < -0.39 is 0 Å². The second-order valence-electron chi connectivity index (χ2n) is 8.12. The predicted molar refractivity (Wildman–Crippen MR) is 123 cm³/mol. The van der Waals surface area contributed by atoms with E-state index in [1.807, 2.05) is 46.8 Å². The smallest absolute Gasteiger partial charge is 0.253 e. The van der Waals surface area contributed by atoms with Gasteiger partial charge in [-0.15, -0.1) is 0 Å². The molecule has 6 nitrogen and oxygen atoms in total. The molecule has 162 valence electrons. The number of carbonyl (C=O) groups is 1. The van der Waals surface area contributed by atoms with Gasteiger partial charge in [-0.2, -0.15) is 5.10 Å².